The Morgan fingerprint density at radius 1 is 1.43 bits per heavy atom. The van der Waals surface area contributed by atoms with Crippen molar-refractivity contribution in [1.82, 2.24) is 0 Å². The predicted octanol–water partition coefficient (Wildman–Crippen LogP) is 2.89. The van der Waals surface area contributed by atoms with Crippen molar-refractivity contribution < 1.29 is 4.79 Å². The molecule has 0 fully saturated rings. The summed E-state index contributed by atoms with van der Waals surface area (Å²) >= 11 is 1.63. The van der Waals surface area contributed by atoms with Gasteiger partial charge in [0, 0.05) is 15.1 Å². The van der Waals surface area contributed by atoms with Crippen molar-refractivity contribution >= 4 is 27.7 Å². The fraction of sp³-hybridized carbons (Fsp3) is 0.0909. The van der Waals surface area contributed by atoms with Gasteiger partial charge < -0.3 is 0 Å². The van der Waals surface area contributed by atoms with Crippen LogP contribution in [0.2, 0.25) is 0 Å². The number of carbonyl (C=O) groups is 1. The topological polar surface area (TPSA) is 40.9 Å². The summed E-state index contributed by atoms with van der Waals surface area (Å²) in [7, 11) is 0. The van der Waals surface area contributed by atoms with E-state index in [9.17, 15) is 4.79 Å². The van der Waals surface area contributed by atoms with Gasteiger partial charge in [-0.25, -0.2) is 0 Å². The van der Waals surface area contributed by atoms with E-state index in [1.54, 1.807) is 23.5 Å². The predicted molar refractivity (Wildman–Crippen MR) is 56.7 cm³/mol. The average Bonchev–Trinajstić information content (AvgIpc) is 2.54. The van der Waals surface area contributed by atoms with Crippen LogP contribution in [0.4, 0.5) is 0 Å². The highest BCUT2D eigenvalue weighted by Crippen LogP contribution is 2.27. The molecule has 1 heterocycles. The average molecular weight is 201 g/mol. The molecule has 0 bridgehead atoms. The van der Waals surface area contributed by atoms with E-state index >= 15 is 0 Å². The smallest absolute Gasteiger partial charge is 0.151 e. The molecule has 2 aromatic rings. The molecule has 0 radical (unpaired) electrons. The molecule has 0 atom stereocenters. The van der Waals surface area contributed by atoms with Crippen molar-refractivity contribution in [3.8, 4) is 6.07 Å². The van der Waals surface area contributed by atoms with Crippen LogP contribution in [-0.4, -0.2) is 6.29 Å². The van der Waals surface area contributed by atoms with E-state index in [-0.39, 0.29) is 0 Å². The monoisotopic (exact) mass is 201 g/mol. The Morgan fingerprint density at radius 2 is 2.21 bits per heavy atom. The van der Waals surface area contributed by atoms with E-state index in [1.807, 2.05) is 19.1 Å². The Balaban J connectivity index is 2.82. The van der Waals surface area contributed by atoms with Crippen molar-refractivity contribution in [1.29, 1.82) is 5.26 Å². The molecular formula is C11H7NOS. The molecule has 0 N–H and O–H groups in total. The molecule has 0 aliphatic carbocycles. The number of aldehydes is 1. The summed E-state index contributed by atoms with van der Waals surface area (Å²) in [6.07, 6.45) is 0.727. The summed E-state index contributed by atoms with van der Waals surface area (Å²) in [6, 6.07) is 7.59. The normalized spacial score (nSPS) is 10.0. The number of fused-ring (bicyclic) bond motifs is 1. The largest absolute Gasteiger partial charge is 0.298 e. The minimum absolute atomic E-state index is 0.453. The molecule has 1 aromatic heterocycles. The summed E-state index contributed by atoms with van der Waals surface area (Å²) in [5, 5.41) is 9.85. The second-order valence-corrected chi connectivity index (χ2v) is 4.35. The van der Waals surface area contributed by atoms with Gasteiger partial charge in [0.15, 0.2) is 6.29 Å². The van der Waals surface area contributed by atoms with Gasteiger partial charge in [0.05, 0.1) is 11.6 Å². The standard InChI is InChI=1S/C11H7NOS/c1-7-2-8-3-10(6-13)9(5-12)4-11(8)14-7/h2-4,6H,1H3. The third kappa shape index (κ3) is 1.30. The quantitative estimate of drug-likeness (QED) is 0.665. The van der Waals surface area contributed by atoms with Crippen molar-refractivity contribution in [2.45, 2.75) is 6.92 Å². The van der Waals surface area contributed by atoms with E-state index in [2.05, 4.69) is 0 Å². The van der Waals surface area contributed by atoms with Crippen molar-refractivity contribution in [2.75, 3.05) is 0 Å². The molecule has 0 saturated heterocycles. The van der Waals surface area contributed by atoms with E-state index in [0.717, 1.165) is 16.4 Å². The SMILES string of the molecule is Cc1cc2cc(C=O)c(C#N)cc2s1. The van der Waals surface area contributed by atoms with Crippen LogP contribution in [0.25, 0.3) is 10.1 Å². The van der Waals surface area contributed by atoms with Crippen LogP contribution in [0.1, 0.15) is 20.8 Å². The van der Waals surface area contributed by atoms with Crippen molar-refractivity contribution in [3.63, 3.8) is 0 Å². The molecule has 3 heteroatoms. The van der Waals surface area contributed by atoms with Crippen LogP contribution in [0.5, 0.6) is 0 Å². The fourth-order valence-electron chi connectivity index (χ4n) is 1.43. The summed E-state index contributed by atoms with van der Waals surface area (Å²) in [4.78, 5) is 11.9. The van der Waals surface area contributed by atoms with Crippen LogP contribution >= 0.6 is 11.3 Å². The Hall–Kier alpha value is -1.66. The number of aryl methyl sites for hydroxylation is 1. The number of rotatable bonds is 1. The molecule has 0 spiro atoms. The first kappa shape index (κ1) is 8.92. The second-order valence-electron chi connectivity index (χ2n) is 3.06. The Labute approximate surface area is 85.4 Å². The molecule has 1 aromatic carbocycles. The summed E-state index contributed by atoms with van der Waals surface area (Å²) in [5.41, 5.74) is 0.923. The maximum Gasteiger partial charge on any atom is 0.151 e. The lowest BCUT2D eigenvalue weighted by Crippen LogP contribution is -1.85. The van der Waals surface area contributed by atoms with Crippen molar-refractivity contribution in [2.24, 2.45) is 0 Å². The lowest BCUT2D eigenvalue weighted by atomic mass is 10.1. The number of thiophene rings is 1. The molecule has 0 saturated carbocycles. The van der Waals surface area contributed by atoms with Crippen LogP contribution in [-0.2, 0) is 0 Å². The minimum atomic E-state index is 0.453. The minimum Gasteiger partial charge on any atom is -0.298 e. The number of carbonyl (C=O) groups excluding carboxylic acids is 1. The molecule has 0 aliphatic rings. The number of nitrogens with zero attached hydrogens (tertiary/aromatic N) is 1. The van der Waals surface area contributed by atoms with Crippen molar-refractivity contribution in [3.05, 3.63) is 34.2 Å². The molecule has 14 heavy (non-hydrogen) atoms. The van der Waals surface area contributed by atoms with Gasteiger partial charge in [0.2, 0.25) is 0 Å². The van der Waals surface area contributed by atoms with Gasteiger partial charge in [-0.05, 0) is 30.5 Å². The molecule has 0 amide bonds. The number of benzene rings is 1. The van der Waals surface area contributed by atoms with E-state index in [1.165, 1.54) is 4.88 Å². The molecule has 68 valence electrons. The second kappa shape index (κ2) is 3.24. The highest BCUT2D eigenvalue weighted by atomic mass is 32.1. The Morgan fingerprint density at radius 3 is 2.86 bits per heavy atom. The lowest BCUT2D eigenvalue weighted by Gasteiger charge is -1.94. The first-order chi connectivity index (χ1) is 6.74. The number of hydrogen-bond donors (Lipinski definition) is 0. The zero-order valence-corrected chi connectivity index (χ0v) is 8.39. The lowest BCUT2D eigenvalue weighted by molar-refractivity contribution is 0.112. The highest BCUT2D eigenvalue weighted by molar-refractivity contribution is 7.19. The van der Waals surface area contributed by atoms with Gasteiger partial charge in [-0.2, -0.15) is 5.26 Å². The fourth-order valence-corrected chi connectivity index (χ4v) is 2.38. The number of nitriles is 1. The Bertz CT molecular complexity index is 548. The van der Waals surface area contributed by atoms with Crippen LogP contribution in [0.3, 0.4) is 0 Å². The third-order valence-electron chi connectivity index (χ3n) is 2.06. The van der Waals surface area contributed by atoms with Crippen LogP contribution in [0, 0.1) is 18.3 Å². The van der Waals surface area contributed by atoms with Gasteiger partial charge in [-0.3, -0.25) is 4.79 Å². The highest BCUT2D eigenvalue weighted by Gasteiger charge is 2.05. The van der Waals surface area contributed by atoms with Gasteiger partial charge in [0.25, 0.3) is 0 Å². The van der Waals surface area contributed by atoms with E-state index in [4.69, 9.17) is 5.26 Å². The van der Waals surface area contributed by atoms with Gasteiger partial charge in [0.1, 0.15) is 0 Å². The molecule has 2 nitrogen and oxygen atoms in total. The van der Waals surface area contributed by atoms with Gasteiger partial charge in [-0.15, -0.1) is 11.3 Å². The molecule has 0 aliphatic heterocycles. The summed E-state index contributed by atoms with van der Waals surface area (Å²) in [6.45, 7) is 2.01. The maximum atomic E-state index is 10.7. The summed E-state index contributed by atoms with van der Waals surface area (Å²) in [5.74, 6) is 0. The first-order valence-electron chi connectivity index (χ1n) is 4.14. The Kier molecular flexibility index (Phi) is 2.06. The molecule has 0 unspecified atom stereocenters. The van der Waals surface area contributed by atoms with Crippen LogP contribution < -0.4 is 0 Å². The van der Waals surface area contributed by atoms with Gasteiger partial charge in [-0.1, -0.05) is 0 Å². The zero-order valence-electron chi connectivity index (χ0n) is 7.57. The first-order valence-corrected chi connectivity index (χ1v) is 4.95. The third-order valence-corrected chi connectivity index (χ3v) is 3.07. The maximum absolute atomic E-state index is 10.7. The van der Waals surface area contributed by atoms with E-state index < -0.39 is 0 Å². The summed E-state index contributed by atoms with van der Waals surface area (Å²) < 4.78 is 1.06. The molecule has 2 rings (SSSR count). The number of hydrogen-bond acceptors (Lipinski definition) is 3. The van der Waals surface area contributed by atoms with Gasteiger partial charge >= 0.3 is 0 Å². The zero-order chi connectivity index (χ0) is 10.1. The van der Waals surface area contributed by atoms with E-state index in [0.29, 0.717) is 11.1 Å². The molecular weight excluding hydrogens is 194 g/mol. The van der Waals surface area contributed by atoms with Crippen LogP contribution in [0.15, 0.2) is 18.2 Å².